The van der Waals surface area contributed by atoms with Gasteiger partial charge in [-0.15, -0.1) is 0 Å². The van der Waals surface area contributed by atoms with Crippen LogP contribution in [0.1, 0.15) is 12.0 Å². The second-order valence-corrected chi connectivity index (χ2v) is 4.56. The topological polar surface area (TPSA) is 91.3 Å². The molecule has 0 aliphatic heterocycles. The minimum Gasteiger partial charge on any atom is -0.493 e. The van der Waals surface area contributed by atoms with E-state index < -0.39 is 17.9 Å². The highest BCUT2D eigenvalue weighted by molar-refractivity contribution is 5.79. The standard InChI is InChI=1S/C15H20O7/c1-19-11-6-9(7-12(20-2)14(11)21-3)5-10(8-13(16)17)15(18)22-4/h6-7,10H,5,8H2,1-4H3,(H,16,17)/t10-/m1/s1. The molecule has 0 aromatic heterocycles. The Balaban J connectivity index is 3.13. The summed E-state index contributed by atoms with van der Waals surface area (Å²) in [4.78, 5) is 22.6. The Morgan fingerprint density at radius 2 is 1.59 bits per heavy atom. The molecule has 1 atom stereocenters. The fourth-order valence-corrected chi connectivity index (χ4v) is 2.15. The normalized spacial score (nSPS) is 11.5. The van der Waals surface area contributed by atoms with Crippen molar-refractivity contribution in [3.63, 3.8) is 0 Å². The molecule has 0 unspecified atom stereocenters. The number of hydrogen-bond acceptors (Lipinski definition) is 6. The molecule has 0 heterocycles. The van der Waals surface area contributed by atoms with Crippen molar-refractivity contribution in [1.29, 1.82) is 0 Å². The molecule has 1 rings (SSSR count). The Bertz CT molecular complexity index is 514. The number of benzene rings is 1. The van der Waals surface area contributed by atoms with E-state index in [-0.39, 0.29) is 12.8 Å². The first-order valence-corrected chi connectivity index (χ1v) is 6.55. The Kier molecular flexibility index (Phi) is 6.49. The summed E-state index contributed by atoms with van der Waals surface area (Å²) in [6, 6.07) is 3.36. The largest absolute Gasteiger partial charge is 0.493 e. The molecule has 22 heavy (non-hydrogen) atoms. The third-order valence-electron chi connectivity index (χ3n) is 3.16. The van der Waals surface area contributed by atoms with Crippen LogP contribution in [0.3, 0.4) is 0 Å². The van der Waals surface area contributed by atoms with Gasteiger partial charge in [0.15, 0.2) is 11.5 Å². The van der Waals surface area contributed by atoms with Crippen LogP contribution in [0, 0.1) is 5.92 Å². The molecule has 1 N–H and O–H groups in total. The smallest absolute Gasteiger partial charge is 0.309 e. The van der Waals surface area contributed by atoms with Crippen LogP contribution in [-0.2, 0) is 20.7 Å². The van der Waals surface area contributed by atoms with Crippen molar-refractivity contribution in [2.45, 2.75) is 12.8 Å². The number of methoxy groups -OCH3 is 4. The number of carbonyl (C=O) groups excluding carboxylic acids is 1. The van der Waals surface area contributed by atoms with Crippen molar-refractivity contribution >= 4 is 11.9 Å². The molecule has 0 spiro atoms. The van der Waals surface area contributed by atoms with E-state index in [9.17, 15) is 9.59 Å². The maximum Gasteiger partial charge on any atom is 0.309 e. The lowest BCUT2D eigenvalue weighted by Gasteiger charge is -2.16. The number of hydrogen-bond donors (Lipinski definition) is 1. The molecule has 0 saturated heterocycles. The number of rotatable bonds is 8. The third kappa shape index (κ3) is 4.28. The van der Waals surface area contributed by atoms with Crippen LogP contribution < -0.4 is 14.2 Å². The number of carboxylic acid groups (broad SMARTS) is 1. The maximum atomic E-state index is 11.7. The van der Waals surface area contributed by atoms with E-state index in [1.165, 1.54) is 28.4 Å². The SMILES string of the molecule is COC(=O)[C@@H](CC(=O)O)Cc1cc(OC)c(OC)c(OC)c1. The Morgan fingerprint density at radius 3 is 1.95 bits per heavy atom. The van der Waals surface area contributed by atoms with Crippen molar-refractivity contribution < 1.29 is 33.6 Å². The minimum absolute atomic E-state index is 0.190. The number of carboxylic acids is 1. The summed E-state index contributed by atoms with van der Waals surface area (Å²) >= 11 is 0. The highest BCUT2D eigenvalue weighted by atomic mass is 16.5. The molecular formula is C15H20O7. The Hall–Kier alpha value is -2.44. The maximum absolute atomic E-state index is 11.7. The molecule has 0 saturated carbocycles. The van der Waals surface area contributed by atoms with Crippen LogP contribution >= 0.6 is 0 Å². The number of esters is 1. The molecule has 0 aliphatic rings. The third-order valence-corrected chi connectivity index (χ3v) is 3.16. The Morgan fingerprint density at radius 1 is 1.05 bits per heavy atom. The lowest BCUT2D eigenvalue weighted by molar-refractivity contribution is -0.150. The van der Waals surface area contributed by atoms with Crippen molar-refractivity contribution in [2.24, 2.45) is 5.92 Å². The number of aliphatic carboxylic acids is 1. The highest BCUT2D eigenvalue weighted by Gasteiger charge is 2.24. The summed E-state index contributed by atoms with van der Waals surface area (Å²) in [5.74, 6) is -1.11. The van der Waals surface area contributed by atoms with E-state index in [2.05, 4.69) is 4.74 Å². The molecule has 0 bridgehead atoms. The van der Waals surface area contributed by atoms with Crippen molar-refractivity contribution in [1.82, 2.24) is 0 Å². The summed E-state index contributed by atoms with van der Waals surface area (Å²) in [6.07, 6.45) is -0.126. The molecule has 0 amide bonds. The monoisotopic (exact) mass is 312 g/mol. The van der Waals surface area contributed by atoms with Gasteiger partial charge >= 0.3 is 11.9 Å². The zero-order valence-corrected chi connectivity index (χ0v) is 13.0. The summed E-state index contributed by atoms with van der Waals surface area (Å²) in [6.45, 7) is 0. The summed E-state index contributed by atoms with van der Waals surface area (Å²) < 4.78 is 20.3. The summed E-state index contributed by atoms with van der Waals surface area (Å²) in [7, 11) is 5.68. The van der Waals surface area contributed by atoms with Gasteiger partial charge in [-0.1, -0.05) is 0 Å². The average Bonchev–Trinajstić information content (AvgIpc) is 2.51. The zero-order valence-electron chi connectivity index (χ0n) is 13.0. The quantitative estimate of drug-likeness (QED) is 0.728. The van der Waals surface area contributed by atoms with Crippen molar-refractivity contribution in [3.8, 4) is 17.2 Å². The second kappa shape index (κ2) is 8.11. The lowest BCUT2D eigenvalue weighted by Crippen LogP contribution is -2.22. The van der Waals surface area contributed by atoms with Gasteiger partial charge in [0.25, 0.3) is 0 Å². The Labute approximate surface area is 128 Å². The first kappa shape index (κ1) is 17.6. The summed E-state index contributed by atoms with van der Waals surface area (Å²) in [5, 5.41) is 8.91. The van der Waals surface area contributed by atoms with Gasteiger partial charge in [-0.05, 0) is 24.1 Å². The van der Waals surface area contributed by atoms with Gasteiger partial charge < -0.3 is 24.1 Å². The van der Waals surface area contributed by atoms with Gasteiger partial charge in [0, 0.05) is 0 Å². The van der Waals surface area contributed by atoms with E-state index in [1.807, 2.05) is 0 Å². The molecule has 7 heteroatoms. The minimum atomic E-state index is -1.07. The predicted molar refractivity (Wildman–Crippen MR) is 77.6 cm³/mol. The van der Waals surface area contributed by atoms with Crippen LogP contribution in [0.5, 0.6) is 17.2 Å². The first-order valence-electron chi connectivity index (χ1n) is 6.55. The second-order valence-electron chi connectivity index (χ2n) is 4.56. The van der Waals surface area contributed by atoms with E-state index in [1.54, 1.807) is 12.1 Å². The van der Waals surface area contributed by atoms with E-state index >= 15 is 0 Å². The fourth-order valence-electron chi connectivity index (χ4n) is 2.15. The van der Waals surface area contributed by atoms with E-state index in [4.69, 9.17) is 19.3 Å². The van der Waals surface area contributed by atoms with Crippen LogP contribution in [-0.4, -0.2) is 45.5 Å². The molecule has 0 aliphatic carbocycles. The van der Waals surface area contributed by atoms with Gasteiger partial charge in [0.05, 0.1) is 40.8 Å². The fraction of sp³-hybridized carbons (Fsp3) is 0.467. The van der Waals surface area contributed by atoms with Gasteiger partial charge in [-0.2, -0.15) is 0 Å². The van der Waals surface area contributed by atoms with Gasteiger partial charge in [-0.3, -0.25) is 9.59 Å². The summed E-state index contributed by atoms with van der Waals surface area (Å²) in [5.41, 5.74) is 0.686. The van der Waals surface area contributed by atoms with Crippen LogP contribution in [0.25, 0.3) is 0 Å². The molecule has 0 radical (unpaired) electrons. The molecular weight excluding hydrogens is 292 g/mol. The molecule has 1 aromatic rings. The average molecular weight is 312 g/mol. The van der Waals surface area contributed by atoms with Crippen molar-refractivity contribution in [2.75, 3.05) is 28.4 Å². The van der Waals surface area contributed by atoms with E-state index in [0.29, 0.717) is 22.8 Å². The van der Waals surface area contributed by atoms with Gasteiger partial charge in [0.2, 0.25) is 5.75 Å². The van der Waals surface area contributed by atoms with Crippen LogP contribution in [0.4, 0.5) is 0 Å². The lowest BCUT2D eigenvalue weighted by atomic mass is 9.95. The predicted octanol–water partition coefficient (Wildman–Crippen LogP) is 1.52. The van der Waals surface area contributed by atoms with Crippen LogP contribution in [0.2, 0.25) is 0 Å². The molecule has 7 nitrogen and oxygen atoms in total. The first-order chi connectivity index (χ1) is 10.5. The number of carbonyl (C=O) groups is 2. The highest BCUT2D eigenvalue weighted by Crippen LogP contribution is 2.38. The molecule has 122 valence electrons. The molecule has 1 aromatic carbocycles. The molecule has 0 fully saturated rings. The number of ether oxygens (including phenoxy) is 4. The van der Waals surface area contributed by atoms with Gasteiger partial charge in [-0.25, -0.2) is 0 Å². The van der Waals surface area contributed by atoms with Crippen LogP contribution in [0.15, 0.2) is 12.1 Å². The van der Waals surface area contributed by atoms with Crippen molar-refractivity contribution in [3.05, 3.63) is 17.7 Å². The van der Waals surface area contributed by atoms with Gasteiger partial charge in [0.1, 0.15) is 0 Å². The zero-order chi connectivity index (χ0) is 16.7. The van der Waals surface area contributed by atoms with E-state index in [0.717, 1.165) is 0 Å².